The lowest BCUT2D eigenvalue weighted by Crippen LogP contribution is -2.43. The van der Waals surface area contributed by atoms with Gasteiger partial charge in [-0.2, -0.15) is 5.26 Å². The van der Waals surface area contributed by atoms with Crippen LogP contribution in [0.2, 0.25) is 5.02 Å². The number of para-hydroxylation sites is 1. The number of hydrogen-bond acceptors (Lipinski definition) is 5. The minimum atomic E-state index is -0.636. The van der Waals surface area contributed by atoms with Crippen molar-refractivity contribution in [3.63, 3.8) is 0 Å². The molecule has 0 saturated heterocycles. The number of fused-ring (bicyclic) bond motifs is 2. The molecule has 0 unspecified atom stereocenters. The molecule has 9 heteroatoms. The number of rotatable bonds is 7. The van der Waals surface area contributed by atoms with Crippen molar-refractivity contribution in [2.24, 2.45) is 4.99 Å². The second-order valence-electron chi connectivity index (χ2n) is 10.6. The lowest BCUT2D eigenvalue weighted by Gasteiger charge is -2.29. The molecule has 3 aromatic carbocycles. The van der Waals surface area contributed by atoms with Gasteiger partial charge in [0.15, 0.2) is 4.80 Å². The quantitative estimate of drug-likeness (QED) is 0.237. The van der Waals surface area contributed by atoms with E-state index < -0.39 is 6.04 Å². The van der Waals surface area contributed by atoms with Gasteiger partial charge in [-0.25, -0.2) is 4.99 Å². The predicted molar refractivity (Wildman–Crippen MR) is 175 cm³/mol. The SMILES string of the molecule is CCN(CC)C(=O)C1=C(C)N=c2s/c(=C/c3cn(Cc4ccccc4C#N)c4ccccc34)c(=O)n2[C@@H]1c1ccc(Cl)cc1. The van der Waals surface area contributed by atoms with E-state index in [2.05, 4.69) is 10.6 Å². The Kier molecular flexibility index (Phi) is 8.09. The summed E-state index contributed by atoms with van der Waals surface area (Å²) in [6, 6.07) is 24.5. The van der Waals surface area contributed by atoms with E-state index in [9.17, 15) is 14.9 Å². The fourth-order valence-corrected chi connectivity index (χ4v) is 7.01. The first-order chi connectivity index (χ1) is 21.3. The summed E-state index contributed by atoms with van der Waals surface area (Å²) in [6.07, 6.45) is 3.93. The van der Waals surface area contributed by atoms with Gasteiger partial charge < -0.3 is 9.47 Å². The molecule has 3 heterocycles. The van der Waals surface area contributed by atoms with Crippen molar-refractivity contribution in [1.29, 1.82) is 5.26 Å². The molecule has 0 aliphatic carbocycles. The van der Waals surface area contributed by atoms with Crippen LogP contribution in [0.1, 0.15) is 49.1 Å². The molecule has 0 radical (unpaired) electrons. The molecular weight excluding hydrogens is 590 g/mol. The number of likely N-dealkylation sites (N-methyl/N-ethyl adjacent to an activating group) is 1. The summed E-state index contributed by atoms with van der Waals surface area (Å²) < 4.78 is 4.27. The van der Waals surface area contributed by atoms with Crippen LogP contribution in [0.25, 0.3) is 17.0 Å². The van der Waals surface area contributed by atoms with E-state index in [1.165, 1.54) is 11.3 Å². The zero-order chi connectivity index (χ0) is 31.0. The van der Waals surface area contributed by atoms with E-state index in [0.29, 0.717) is 50.8 Å². The predicted octanol–water partition coefficient (Wildman–Crippen LogP) is 5.63. The molecule has 0 spiro atoms. The maximum absolute atomic E-state index is 14.2. The normalized spacial score (nSPS) is 14.8. The first-order valence-electron chi connectivity index (χ1n) is 14.5. The van der Waals surface area contributed by atoms with Gasteiger partial charge in [-0.3, -0.25) is 14.2 Å². The third-order valence-electron chi connectivity index (χ3n) is 8.07. The molecular formula is C35H30ClN5O2S. The van der Waals surface area contributed by atoms with Gasteiger partial charge in [0.25, 0.3) is 11.5 Å². The second kappa shape index (κ2) is 12.1. The Bertz CT molecular complexity index is 2160. The third-order valence-corrected chi connectivity index (χ3v) is 9.31. The first kappa shape index (κ1) is 29.4. The van der Waals surface area contributed by atoms with Gasteiger partial charge in [-0.05, 0) is 62.2 Å². The molecule has 7 nitrogen and oxygen atoms in total. The molecule has 6 rings (SSSR count). The third kappa shape index (κ3) is 5.19. The van der Waals surface area contributed by atoms with Crippen molar-refractivity contribution in [3.8, 4) is 6.07 Å². The van der Waals surface area contributed by atoms with Crippen LogP contribution in [0.5, 0.6) is 0 Å². The average molecular weight is 620 g/mol. The molecule has 1 aliphatic heterocycles. The Morgan fingerprint density at radius 2 is 1.77 bits per heavy atom. The Hall–Kier alpha value is -4.71. The van der Waals surface area contributed by atoms with Crippen LogP contribution in [0.15, 0.2) is 100 Å². The maximum atomic E-state index is 14.2. The molecule has 2 aromatic heterocycles. The van der Waals surface area contributed by atoms with E-state index in [-0.39, 0.29) is 11.5 Å². The number of hydrogen-bond donors (Lipinski definition) is 0. The second-order valence-corrected chi connectivity index (χ2v) is 12.1. The van der Waals surface area contributed by atoms with Crippen LogP contribution in [0.4, 0.5) is 0 Å². The molecule has 44 heavy (non-hydrogen) atoms. The molecule has 0 N–H and O–H groups in total. The van der Waals surface area contributed by atoms with Crippen LogP contribution >= 0.6 is 22.9 Å². The number of carbonyl (C=O) groups excluding carboxylic acids is 1. The van der Waals surface area contributed by atoms with E-state index in [1.807, 2.05) is 93.7 Å². The van der Waals surface area contributed by atoms with Crippen LogP contribution in [0, 0.1) is 11.3 Å². The lowest BCUT2D eigenvalue weighted by atomic mass is 9.94. The number of aromatic nitrogens is 2. The summed E-state index contributed by atoms with van der Waals surface area (Å²) in [5, 5.41) is 11.2. The Morgan fingerprint density at radius 3 is 2.50 bits per heavy atom. The Labute approximate surface area is 263 Å². The molecule has 0 bridgehead atoms. The molecule has 220 valence electrons. The van der Waals surface area contributed by atoms with Crippen LogP contribution in [-0.4, -0.2) is 33.0 Å². The minimum Gasteiger partial charge on any atom is -0.342 e. The van der Waals surface area contributed by atoms with Gasteiger partial charge in [0.05, 0.1) is 33.5 Å². The van der Waals surface area contributed by atoms with Crippen molar-refractivity contribution in [2.45, 2.75) is 33.4 Å². The van der Waals surface area contributed by atoms with E-state index in [0.717, 1.165) is 27.6 Å². The van der Waals surface area contributed by atoms with Crippen molar-refractivity contribution in [2.75, 3.05) is 13.1 Å². The zero-order valence-electron chi connectivity index (χ0n) is 24.6. The zero-order valence-corrected chi connectivity index (χ0v) is 26.2. The fraction of sp³-hybridized carbons (Fsp3) is 0.200. The summed E-state index contributed by atoms with van der Waals surface area (Å²) in [5.74, 6) is -0.133. The topological polar surface area (TPSA) is 83.4 Å². The summed E-state index contributed by atoms with van der Waals surface area (Å²) in [4.78, 5) is 35.1. The summed E-state index contributed by atoms with van der Waals surface area (Å²) in [6.45, 7) is 7.34. The van der Waals surface area contributed by atoms with Crippen molar-refractivity contribution < 1.29 is 4.79 Å². The fourth-order valence-electron chi connectivity index (χ4n) is 5.85. The molecule has 0 fully saturated rings. The van der Waals surface area contributed by atoms with E-state index in [4.69, 9.17) is 16.6 Å². The highest BCUT2D eigenvalue weighted by Crippen LogP contribution is 2.32. The average Bonchev–Trinajstić information content (AvgIpc) is 3.53. The van der Waals surface area contributed by atoms with Gasteiger partial charge in [0.1, 0.15) is 0 Å². The van der Waals surface area contributed by atoms with Crippen LogP contribution in [-0.2, 0) is 11.3 Å². The number of carbonyl (C=O) groups is 1. The largest absolute Gasteiger partial charge is 0.342 e. The first-order valence-corrected chi connectivity index (χ1v) is 15.7. The van der Waals surface area contributed by atoms with Crippen molar-refractivity contribution >= 4 is 45.8 Å². The van der Waals surface area contributed by atoms with Crippen LogP contribution < -0.4 is 14.9 Å². The number of allylic oxidation sites excluding steroid dienone is 1. The maximum Gasteiger partial charge on any atom is 0.271 e. The van der Waals surface area contributed by atoms with E-state index >= 15 is 0 Å². The number of thiazole rings is 1. The number of halogens is 1. The van der Waals surface area contributed by atoms with Gasteiger partial charge in [0, 0.05) is 47.3 Å². The van der Waals surface area contributed by atoms with Crippen molar-refractivity contribution in [3.05, 3.63) is 137 Å². The molecule has 5 aromatic rings. The Balaban J connectivity index is 1.52. The number of nitrogens with zero attached hydrogens (tertiary/aromatic N) is 5. The summed E-state index contributed by atoms with van der Waals surface area (Å²) in [5.41, 5.74) is 5.11. The summed E-state index contributed by atoms with van der Waals surface area (Å²) >= 11 is 7.54. The molecule has 0 saturated carbocycles. The standard InChI is InChI=1S/C35H30ClN5O2S/c1-4-39(5-2)34(43)31-22(3)38-35-41(32(31)23-14-16-27(36)17-15-23)33(42)30(44-35)18-26-21-40(29-13-9-8-12-28(26)29)20-25-11-7-6-10-24(25)19-37/h6-18,21,32H,4-5,20H2,1-3H3/b30-18+/t32-/m1/s1. The van der Waals surface area contributed by atoms with Gasteiger partial charge in [-0.1, -0.05) is 71.5 Å². The minimum absolute atomic E-state index is 0.133. The molecule has 1 aliphatic rings. The highest BCUT2D eigenvalue weighted by molar-refractivity contribution is 7.07. The smallest absolute Gasteiger partial charge is 0.271 e. The highest BCUT2D eigenvalue weighted by atomic mass is 35.5. The molecule has 1 atom stereocenters. The molecule has 1 amide bonds. The number of nitriles is 1. The van der Waals surface area contributed by atoms with Gasteiger partial charge >= 0.3 is 0 Å². The summed E-state index contributed by atoms with van der Waals surface area (Å²) in [7, 11) is 0. The Morgan fingerprint density at radius 1 is 1.07 bits per heavy atom. The monoisotopic (exact) mass is 619 g/mol. The van der Waals surface area contributed by atoms with Crippen molar-refractivity contribution in [1.82, 2.24) is 14.0 Å². The van der Waals surface area contributed by atoms with Gasteiger partial charge in [0.2, 0.25) is 0 Å². The highest BCUT2D eigenvalue weighted by Gasteiger charge is 2.34. The number of amides is 1. The lowest BCUT2D eigenvalue weighted by molar-refractivity contribution is -0.127. The number of benzene rings is 3. The van der Waals surface area contributed by atoms with E-state index in [1.54, 1.807) is 21.6 Å². The van der Waals surface area contributed by atoms with Gasteiger partial charge in [-0.15, -0.1) is 0 Å². The van der Waals surface area contributed by atoms with Crippen LogP contribution in [0.3, 0.4) is 0 Å².